The molecule has 3 rings (SSSR count). The molecule has 0 amide bonds. The van der Waals surface area contributed by atoms with Crippen LogP contribution in [-0.4, -0.2) is 14.6 Å². The lowest BCUT2D eigenvalue weighted by molar-refractivity contribution is 0.628. The lowest BCUT2D eigenvalue weighted by Gasteiger charge is -2.13. The van der Waals surface area contributed by atoms with Crippen molar-refractivity contribution in [2.75, 3.05) is 0 Å². The van der Waals surface area contributed by atoms with Gasteiger partial charge < -0.3 is 5.73 Å². The fourth-order valence-corrected chi connectivity index (χ4v) is 2.35. The van der Waals surface area contributed by atoms with Crippen LogP contribution in [0.4, 0.5) is 4.39 Å². The molecule has 4 nitrogen and oxygen atoms in total. The lowest BCUT2D eigenvalue weighted by Crippen LogP contribution is -2.10. The summed E-state index contributed by atoms with van der Waals surface area (Å²) >= 11 is 5.91. The first kappa shape index (κ1) is 13.0. The first-order chi connectivity index (χ1) is 9.54. The molecule has 0 aliphatic carbocycles. The molecule has 20 heavy (non-hydrogen) atoms. The first-order valence-corrected chi connectivity index (χ1v) is 6.49. The van der Waals surface area contributed by atoms with Gasteiger partial charge in [0.25, 0.3) is 0 Å². The molecule has 1 atom stereocenters. The topological polar surface area (TPSA) is 56.2 Å². The Morgan fingerprint density at radius 3 is 2.80 bits per heavy atom. The van der Waals surface area contributed by atoms with Crippen molar-refractivity contribution in [3.05, 3.63) is 53.1 Å². The number of fused-ring (bicyclic) bond motifs is 1. The van der Waals surface area contributed by atoms with Crippen LogP contribution in [0.3, 0.4) is 0 Å². The van der Waals surface area contributed by atoms with Gasteiger partial charge in [-0.3, -0.25) is 0 Å². The number of hydrogen-bond donors (Lipinski definition) is 1. The summed E-state index contributed by atoms with van der Waals surface area (Å²) in [6.45, 7) is 1.85. The molecule has 0 saturated carbocycles. The number of hydrogen-bond acceptors (Lipinski definition) is 3. The highest BCUT2D eigenvalue weighted by atomic mass is 35.5. The summed E-state index contributed by atoms with van der Waals surface area (Å²) in [5, 5.41) is 4.78. The molecule has 0 saturated heterocycles. The van der Waals surface area contributed by atoms with Gasteiger partial charge in [0.15, 0.2) is 5.65 Å². The van der Waals surface area contributed by atoms with Crippen molar-refractivity contribution in [3.8, 4) is 11.3 Å². The average Bonchev–Trinajstić information content (AvgIpc) is 2.83. The molecule has 1 aromatic carbocycles. The number of halogens is 2. The Morgan fingerprint density at radius 1 is 1.30 bits per heavy atom. The molecule has 0 radical (unpaired) electrons. The summed E-state index contributed by atoms with van der Waals surface area (Å²) in [6, 6.07) is 5.92. The van der Waals surface area contributed by atoms with Gasteiger partial charge in [-0.15, -0.1) is 0 Å². The van der Waals surface area contributed by atoms with E-state index in [1.54, 1.807) is 23.0 Å². The van der Waals surface area contributed by atoms with E-state index in [2.05, 4.69) is 10.1 Å². The van der Waals surface area contributed by atoms with Crippen LogP contribution in [0.5, 0.6) is 0 Å². The maximum absolute atomic E-state index is 13.5. The standard InChI is InChI=1S/C14H12ClFN4/c1-8(17)12-7-13-18-2-3-20(13)19-14(12)9-4-10(15)6-11(16)5-9/h2-8H,17H2,1H3/t8-/m0/s1. The van der Waals surface area contributed by atoms with Gasteiger partial charge in [-0.2, -0.15) is 5.10 Å². The summed E-state index contributed by atoms with van der Waals surface area (Å²) < 4.78 is 15.2. The van der Waals surface area contributed by atoms with E-state index >= 15 is 0 Å². The van der Waals surface area contributed by atoms with Gasteiger partial charge in [0.05, 0.1) is 5.69 Å². The van der Waals surface area contributed by atoms with Gasteiger partial charge >= 0.3 is 0 Å². The quantitative estimate of drug-likeness (QED) is 0.788. The smallest absolute Gasteiger partial charge is 0.153 e. The zero-order valence-corrected chi connectivity index (χ0v) is 11.5. The number of aromatic nitrogens is 3. The Labute approximate surface area is 120 Å². The summed E-state index contributed by atoms with van der Waals surface area (Å²) in [6.07, 6.45) is 3.38. The number of nitrogens with two attached hydrogens (primary N) is 1. The van der Waals surface area contributed by atoms with E-state index in [-0.39, 0.29) is 6.04 Å². The monoisotopic (exact) mass is 290 g/mol. The van der Waals surface area contributed by atoms with Crippen LogP contribution in [0.15, 0.2) is 36.7 Å². The van der Waals surface area contributed by atoms with Crippen molar-refractivity contribution in [2.24, 2.45) is 5.73 Å². The van der Waals surface area contributed by atoms with Crippen molar-refractivity contribution in [2.45, 2.75) is 13.0 Å². The highest BCUT2D eigenvalue weighted by molar-refractivity contribution is 6.30. The minimum absolute atomic E-state index is 0.249. The molecule has 6 heteroatoms. The average molecular weight is 291 g/mol. The highest BCUT2D eigenvalue weighted by Crippen LogP contribution is 2.28. The molecule has 2 heterocycles. The molecule has 2 aromatic heterocycles. The van der Waals surface area contributed by atoms with E-state index in [1.807, 2.05) is 13.0 Å². The van der Waals surface area contributed by atoms with E-state index in [4.69, 9.17) is 17.3 Å². The van der Waals surface area contributed by atoms with Crippen LogP contribution in [0.2, 0.25) is 5.02 Å². The third kappa shape index (κ3) is 2.26. The summed E-state index contributed by atoms with van der Waals surface area (Å²) in [4.78, 5) is 4.18. The Morgan fingerprint density at radius 2 is 2.10 bits per heavy atom. The second-order valence-corrected chi connectivity index (χ2v) is 5.06. The van der Waals surface area contributed by atoms with Gasteiger partial charge in [-0.05, 0) is 31.2 Å². The van der Waals surface area contributed by atoms with Crippen molar-refractivity contribution in [3.63, 3.8) is 0 Å². The lowest BCUT2D eigenvalue weighted by atomic mass is 10.0. The summed E-state index contributed by atoms with van der Waals surface area (Å²) in [7, 11) is 0. The minimum Gasteiger partial charge on any atom is -0.324 e. The molecular weight excluding hydrogens is 279 g/mol. The fourth-order valence-electron chi connectivity index (χ4n) is 2.13. The minimum atomic E-state index is -0.407. The van der Waals surface area contributed by atoms with Crippen molar-refractivity contribution >= 4 is 17.2 Å². The maximum atomic E-state index is 13.5. The van der Waals surface area contributed by atoms with E-state index in [9.17, 15) is 4.39 Å². The Hall–Kier alpha value is -1.98. The molecule has 0 unspecified atom stereocenters. The second-order valence-electron chi connectivity index (χ2n) is 4.63. The zero-order chi connectivity index (χ0) is 14.3. The second kappa shape index (κ2) is 4.85. The Kier molecular flexibility index (Phi) is 3.16. The van der Waals surface area contributed by atoms with E-state index < -0.39 is 5.82 Å². The largest absolute Gasteiger partial charge is 0.324 e. The van der Waals surface area contributed by atoms with Crippen molar-refractivity contribution in [1.82, 2.24) is 14.6 Å². The van der Waals surface area contributed by atoms with E-state index in [1.165, 1.54) is 12.1 Å². The van der Waals surface area contributed by atoms with E-state index in [0.717, 1.165) is 5.56 Å². The van der Waals surface area contributed by atoms with Gasteiger partial charge in [0.2, 0.25) is 0 Å². The van der Waals surface area contributed by atoms with Gasteiger partial charge in [0.1, 0.15) is 5.82 Å². The SMILES string of the molecule is C[C@H](N)c1cc2nccn2nc1-c1cc(F)cc(Cl)c1. The fraction of sp³-hybridized carbons (Fsp3) is 0.143. The Balaban J connectivity index is 2.29. The van der Waals surface area contributed by atoms with Crippen molar-refractivity contribution < 1.29 is 4.39 Å². The molecule has 0 aliphatic heterocycles. The van der Waals surface area contributed by atoms with Crippen LogP contribution in [-0.2, 0) is 0 Å². The predicted molar refractivity (Wildman–Crippen MR) is 76.0 cm³/mol. The molecule has 2 N–H and O–H groups in total. The summed E-state index contributed by atoms with van der Waals surface area (Å²) in [5.41, 5.74) is 8.68. The number of rotatable bonds is 2. The van der Waals surface area contributed by atoms with Crippen molar-refractivity contribution in [1.29, 1.82) is 0 Å². The number of benzene rings is 1. The zero-order valence-electron chi connectivity index (χ0n) is 10.7. The molecule has 0 aliphatic rings. The molecule has 102 valence electrons. The van der Waals surface area contributed by atoms with Gasteiger partial charge in [-0.25, -0.2) is 13.9 Å². The van der Waals surface area contributed by atoms with Gasteiger partial charge in [0, 0.05) is 34.6 Å². The van der Waals surface area contributed by atoms with Crippen LogP contribution in [0.25, 0.3) is 16.9 Å². The summed E-state index contributed by atoms with van der Waals surface area (Å²) in [5.74, 6) is -0.407. The third-order valence-electron chi connectivity index (χ3n) is 3.04. The first-order valence-electron chi connectivity index (χ1n) is 6.11. The van der Waals surface area contributed by atoms with Crippen LogP contribution in [0, 0.1) is 5.82 Å². The molecule has 0 fully saturated rings. The normalized spacial score (nSPS) is 12.8. The third-order valence-corrected chi connectivity index (χ3v) is 3.26. The molecule has 0 bridgehead atoms. The molecule has 3 aromatic rings. The molecule has 0 spiro atoms. The van der Waals surface area contributed by atoms with Crippen LogP contribution in [0.1, 0.15) is 18.5 Å². The Bertz CT molecular complexity index is 762. The maximum Gasteiger partial charge on any atom is 0.153 e. The highest BCUT2D eigenvalue weighted by Gasteiger charge is 2.14. The van der Waals surface area contributed by atoms with E-state index in [0.29, 0.717) is 21.9 Å². The number of nitrogens with zero attached hydrogens (tertiary/aromatic N) is 3. The van der Waals surface area contributed by atoms with Crippen LogP contribution < -0.4 is 5.73 Å². The predicted octanol–water partition coefficient (Wildman–Crippen LogP) is 3.21. The van der Waals surface area contributed by atoms with Gasteiger partial charge in [-0.1, -0.05) is 11.6 Å². The van der Waals surface area contributed by atoms with Crippen LogP contribution >= 0.6 is 11.6 Å². The number of imidazole rings is 1. The molecular formula is C14H12ClFN4.